The molecule has 0 aromatic heterocycles. The first-order valence-electron chi connectivity index (χ1n) is 12.7. The number of amides is 2. The van der Waals surface area contributed by atoms with E-state index in [-0.39, 0.29) is 22.7 Å². The van der Waals surface area contributed by atoms with Crippen molar-refractivity contribution in [3.05, 3.63) is 12.2 Å². The molecule has 1 heterocycles. The van der Waals surface area contributed by atoms with Crippen molar-refractivity contribution in [2.75, 3.05) is 0 Å². The molecule has 164 valence electrons. The molecule has 2 amide bonds. The molecule has 1 aliphatic heterocycles. The van der Waals surface area contributed by atoms with E-state index >= 15 is 0 Å². The fourth-order valence-corrected chi connectivity index (χ4v) is 9.47. The maximum atomic E-state index is 13.5. The quantitative estimate of drug-likeness (QED) is 0.717. The standard InChI is InChI=1S/C26H38N2O2/c1-25-11-9-19-17(5-8-22-26(19,2)12-10-23(29)28-22)18(25)6-7-20(25)24(30)27-21-14-15-3-4-16(21)13-15/h10,12,15-22H,3-9,11,13-14H2,1-2H3,(H,27,30)(H,28,29)/t15?,16?,17-,18-,19-,20+,21?,22+,25-,26+/m0/s1. The molecule has 3 unspecified atom stereocenters. The highest BCUT2D eigenvalue weighted by molar-refractivity contribution is 5.89. The summed E-state index contributed by atoms with van der Waals surface area (Å²) in [7, 11) is 0. The van der Waals surface area contributed by atoms with Crippen LogP contribution in [0.2, 0.25) is 0 Å². The first kappa shape index (κ1) is 19.4. The van der Waals surface area contributed by atoms with Crippen molar-refractivity contribution < 1.29 is 9.59 Å². The van der Waals surface area contributed by atoms with Crippen LogP contribution in [0.15, 0.2) is 12.2 Å². The minimum atomic E-state index is 0.0785. The van der Waals surface area contributed by atoms with Gasteiger partial charge in [-0.05, 0) is 98.9 Å². The van der Waals surface area contributed by atoms with Gasteiger partial charge in [0.1, 0.15) is 0 Å². The maximum Gasteiger partial charge on any atom is 0.243 e. The van der Waals surface area contributed by atoms with Crippen molar-refractivity contribution in [1.82, 2.24) is 10.6 Å². The third-order valence-corrected chi connectivity index (χ3v) is 11.1. The Hall–Kier alpha value is -1.32. The average Bonchev–Trinajstić information content (AvgIpc) is 3.42. The number of hydrogen-bond donors (Lipinski definition) is 2. The molecule has 2 N–H and O–H groups in total. The predicted molar refractivity (Wildman–Crippen MR) is 116 cm³/mol. The zero-order valence-corrected chi connectivity index (χ0v) is 18.7. The molecule has 5 saturated carbocycles. The first-order chi connectivity index (χ1) is 14.4. The molecule has 4 nitrogen and oxygen atoms in total. The summed E-state index contributed by atoms with van der Waals surface area (Å²) in [6.45, 7) is 4.82. The van der Waals surface area contributed by atoms with Gasteiger partial charge in [-0.15, -0.1) is 0 Å². The average molecular weight is 411 g/mol. The Kier molecular flexibility index (Phi) is 4.26. The van der Waals surface area contributed by atoms with Crippen LogP contribution >= 0.6 is 0 Å². The van der Waals surface area contributed by atoms with Crippen LogP contribution in [0.4, 0.5) is 0 Å². The fraction of sp³-hybridized carbons (Fsp3) is 0.846. The molecule has 5 aliphatic carbocycles. The zero-order chi connectivity index (χ0) is 20.7. The molecule has 4 heteroatoms. The molecule has 0 radical (unpaired) electrons. The molecule has 0 aromatic carbocycles. The van der Waals surface area contributed by atoms with E-state index in [9.17, 15) is 9.59 Å². The van der Waals surface area contributed by atoms with Gasteiger partial charge in [-0.25, -0.2) is 0 Å². The van der Waals surface area contributed by atoms with E-state index in [1.807, 2.05) is 0 Å². The molecule has 2 bridgehead atoms. The van der Waals surface area contributed by atoms with Crippen LogP contribution in [-0.4, -0.2) is 23.9 Å². The molecule has 0 saturated heterocycles. The summed E-state index contributed by atoms with van der Waals surface area (Å²) in [5, 5.41) is 6.79. The third kappa shape index (κ3) is 2.64. The molecule has 6 rings (SSSR count). The van der Waals surface area contributed by atoms with Crippen molar-refractivity contribution in [2.24, 2.45) is 46.3 Å². The second kappa shape index (κ2) is 6.59. The monoisotopic (exact) mass is 410 g/mol. The SMILES string of the molecule is C[C@]12C=CC(=O)N[C@@H]1CC[C@@H]1[C@@H]2CC[C@]2(C)[C@@H](C(=O)NC3CC4CCC3C4)CC[C@@H]12. The van der Waals surface area contributed by atoms with Gasteiger partial charge >= 0.3 is 0 Å². The highest BCUT2D eigenvalue weighted by atomic mass is 16.2. The number of hydrogen-bond acceptors (Lipinski definition) is 2. The van der Waals surface area contributed by atoms with Crippen LogP contribution in [0.5, 0.6) is 0 Å². The van der Waals surface area contributed by atoms with Crippen molar-refractivity contribution in [1.29, 1.82) is 0 Å². The van der Waals surface area contributed by atoms with Gasteiger partial charge in [0.2, 0.25) is 11.8 Å². The molecular weight excluding hydrogens is 372 g/mol. The Balaban J connectivity index is 1.20. The summed E-state index contributed by atoms with van der Waals surface area (Å²) < 4.78 is 0. The molecule has 6 aliphatic rings. The topological polar surface area (TPSA) is 58.2 Å². The highest BCUT2D eigenvalue weighted by Crippen LogP contribution is 2.65. The van der Waals surface area contributed by atoms with Crippen LogP contribution in [0.3, 0.4) is 0 Å². The number of nitrogens with one attached hydrogen (secondary N) is 2. The van der Waals surface area contributed by atoms with Crippen LogP contribution in [0, 0.1) is 46.3 Å². The second-order valence-electron chi connectivity index (χ2n) is 12.2. The lowest BCUT2D eigenvalue weighted by Gasteiger charge is -2.58. The van der Waals surface area contributed by atoms with E-state index < -0.39 is 0 Å². The molecule has 30 heavy (non-hydrogen) atoms. The van der Waals surface area contributed by atoms with Gasteiger partial charge in [0, 0.05) is 23.4 Å². The lowest BCUT2D eigenvalue weighted by Crippen LogP contribution is -2.59. The third-order valence-electron chi connectivity index (χ3n) is 11.1. The van der Waals surface area contributed by atoms with E-state index in [4.69, 9.17) is 0 Å². The van der Waals surface area contributed by atoms with Crippen LogP contribution in [-0.2, 0) is 9.59 Å². The number of carbonyl (C=O) groups is 2. The second-order valence-corrected chi connectivity index (χ2v) is 12.2. The summed E-state index contributed by atoms with van der Waals surface area (Å²) in [4.78, 5) is 25.4. The maximum absolute atomic E-state index is 13.5. The highest BCUT2D eigenvalue weighted by Gasteiger charge is 2.61. The Bertz CT molecular complexity index is 792. The van der Waals surface area contributed by atoms with Crippen LogP contribution in [0.1, 0.15) is 78.1 Å². The largest absolute Gasteiger partial charge is 0.353 e. The van der Waals surface area contributed by atoms with Gasteiger partial charge in [-0.2, -0.15) is 0 Å². The molecular formula is C26H38N2O2. The molecule has 10 atom stereocenters. The normalized spacial score (nSPS) is 53.6. The van der Waals surface area contributed by atoms with Gasteiger partial charge in [-0.1, -0.05) is 26.3 Å². The zero-order valence-electron chi connectivity index (χ0n) is 18.7. The van der Waals surface area contributed by atoms with Crippen molar-refractivity contribution in [3.63, 3.8) is 0 Å². The van der Waals surface area contributed by atoms with Gasteiger partial charge in [0.25, 0.3) is 0 Å². The Morgan fingerprint density at radius 2 is 1.90 bits per heavy atom. The van der Waals surface area contributed by atoms with Crippen molar-refractivity contribution in [3.8, 4) is 0 Å². The summed E-state index contributed by atoms with van der Waals surface area (Å²) in [5.74, 6) is 4.29. The molecule has 0 spiro atoms. The minimum Gasteiger partial charge on any atom is -0.353 e. The van der Waals surface area contributed by atoms with Gasteiger partial charge in [0.05, 0.1) is 0 Å². The molecule has 0 aromatic rings. The van der Waals surface area contributed by atoms with Crippen molar-refractivity contribution >= 4 is 11.8 Å². The van der Waals surface area contributed by atoms with Gasteiger partial charge < -0.3 is 10.6 Å². The van der Waals surface area contributed by atoms with E-state index in [0.717, 1.165) is 31.1 Å². The Labute approximate surface area is 181 Å². The van der Waals surface area contributed by atoms with Gasteiger partial charge in [-0.3, -0.25) is 9.59 Å². The smallest absolute Gasteiger partial charge is 0.243 e. The van der Waals surface area contributed by atoms with E-state index in [1.54, 1.807) is 6.08 Å². The number of rotatable bonds is 2. The van der Waals surface area contributed by atoms with Crippen LogP contribution < -0.4 is 10.6 Å². The van der Waals surface area contributed by atoms with Gasteiger partial charge in [0.15, 0.2) is 0 Å². The summed E-state index contributed by atoms with van der Waals surface area (Å²) in [6, 6.07) is 0.750. The summed E-state index contributed by atoms with van der Waals surface area (Å²) >= 11 is 0. The van der Waals surface area contributed by atoms with E-state index in [1.165, 1.54) is 44.9 Å². The summed E-state index contributed by atoms with van der Waals surface area (Å²) in [6.07, 6.45) is 16.2. The number of fused-ring (bicyclic) bond motifs is 7. The van der Waals surface area contributed by atoms with Crippen molar-refractivity contribution in [2.45, 2.75) is 90.1 Å². The molecule has 5 fully saturated rings. The lowest BCUT2D eigenvalue weighted by atomic mass is 9.48. The first-order valence-corrected chi connectivity index (χ1v) is 12.7. The number of carbonyl (C=O) groups excluding carboxylic acids is 2. The Morgan fingerprint density at radius 3 is 2.67 bits per heavy atom. The van der Waals surface area contributed by atoms with E-state index in [2.05, 4.69) is 30.6 Å². The van der Waals surface area contributed by atoms with E-state index in [0.29, 0.717) is 35.7 Å². The summed E-state index contributed by atoms with van der Waals surface area (Å²) in [5.41, 5.74) is 0.245. The predicted octanol–water partition coefficient (Wildman–Crippen LogP) is 4.20. The lowest BCUT2D eigenvalue weighted by molar-refractivity contribution is -0.135. The van der Waals surface area contributed by atoms with Crippen LogP contribution in [0.25, 0.3) is 0 Å². The Morgan fingerprint density at radius 1 is 1.03 bits per heavy atom. The fourth-order valence-electron chi connectivity index (χ4n) is 9.47. The minimum absolute atomic E-state index is 0.0785.